The van der Waals surface area contributed by atoms with Crippen LogP contribution in [0.1, 0.15) is 37.6 Å². The Balaban J connectivity index is 2.07. The maximum absolute atomic E-state index is 6.61. The van der Waals surface area contributed by atoms with Gasteiger partial charge in [-0.05, 0) is 49.9 Å². The van der Waals surface area contributed by atoms with Crippen LogP contribution in [0.15, 0.2) is 18.2 Å². The quantitative estimate of drug-likeness (QED) is 0.432. The van der Waals surface area contributed by atoms with Crippen molar-refractivity contribution in [3.05, 3.63) is 33.8 Å². The van der Waals surface area contributed by atoms with Crippen molar-refractivity contribution in [1.82, 2.24) is 9.97 Å². The lowest BCUT2D eigenvalue weighted by Crippen LogP contribution is -1.99. The number of rotatable bonds is 7. The number of aryl methyl sites for hydroxylation is 1. The largest absolute Gasteiger partial charge is 0.493 e. The number of benzene rings is 1. The summed E-state index contributed by atoms with van der Waals surface area (Å²) in [5.74, 6) is 2.57. The molecule has 3 aromatic rings. The molecule has 0 N–H and O–H groups in total. The first-order chi connectivity index (χ1) is 13.0. The fourth-order valence-electron chi connectivity index (χ4n) is 3.07. The zero-order valence-corrected chi connectivity index (χ0v) is 18.0. The second-order valence-electron chi connectivity index (χ2n) is 6.67. The fraction of sp³-hybridized carbons (Fsp3) is 0.429. The maximum atomic E-state index is 6.61. The van der Waals surface area contributed by atoms with E-state index in [9.17, 15) is 0 Å². The Bertz CT molecular complexity index is 955. The number of thiophene rings is 1. The molecule has 0 amide bonds. The van der Waals surface area contributed by atoms with Gasteiger partial charge in [0.25, 0.3) is 0 Å². The Morgan fingerprint density at radius 2 is 1.96 bits per heavy atom. The highest BCUT2D eigenvalue weighted by atomic mass is 35.5. The third kappa shape index (κ3) is 4.04. The van der Waals surface area contributed by atoms with Gasteiger partial charge in [0.05, 0.1) is 19.1 Å². The van der Waals surface area contributed by atoms with Crippen LogP contribution >= 0.6 is 22.9 Å². The van der Waals surface area contributed by atoms with Crippen molar-refractivity contribution in [2.75, 3.05) is 13.7 Å². The SMILES string of the molecule is CCOc1ccc(-c2nc(Cl)c3c(CC(C)CC)c(C)sc3n2)cc1OC. The van der Waals surface area contributed by atoms with Gasteiger partial charge in [-0.25, -0.2) is 9.97 Å². The summed E-state index contributed by atoms with van der Waals surface area (Å²) in [6.45, 7) is 9.14. The van der Waals surface area contributed by atoms with E-state index in [1.54, 1.807) is 18.4 Å². The van der Waals surface area contributed by atoms with Gasteiger partial charge >= 0.3 is 0 Å². The van der Waals surface area contributed by atoms with Crippen LogP contribution in [0.25, 0.3) is 21.6 Å². The van der Waals surface area contributed by atoms with Gasteiger partial charge in [0, 0.05) is 10.4 Å². The zero-order valence-electron chi connectivity index (χ0n) is 16.4. The summed E-state index contributed by atoms with van der Waals surface area (Å²) < 4.78 is 11.0. The van der Waals surface area contributed by atoms with Crippen LogP contribution < -0.4 is 9.47 Å². The number of hydrogen-bond acceptors (Lipinski definition) is 5. The van der Waals surface area contributed by atoms with E-state index >= 15 is 0 Å². The van der Waals surface area contributed by atoms with Gasteiger partial charge in [-0.2, -0.15) is 0 Å². The van der Waals surface area contributed by atoms with Gasteiger partial charge in [0.1, 0.15) is 9.98 Å². The van der Waals surface area contributed by atoms with Crippen LogP contribution in [0.3, 0.4) is 0 Å². The lowest BCUT2D eigenvalue weighted by atomic mass is 9.98. The Morgan fingerprint density at radius 3 is 2.63 bits per heavy atom. The van der Waals surface area contributed by atoms with Crippen LogP contribution in [-0.4, -0.2) is 23.7 Å². The molecule has 0 aliphatic heterocycles. The molecule has 1 aromatic carbocycles. The number of fused-ring (bicyclic) bond motifs is 1. The summed E-state index contributed by atoms with van der Waals surface area (Å²) in [5.41, 5.74) is 2.14. The summed E-state index contributed by atoms with van der Waals surface area (Å²) in [4.78, 5) is 11.6. The van der Waals surface area contributed by atoms with E-state index in [2.05, 4.69) is 25.8 Å². The van der Waals surface area contributed by atoms with Crippen molar-refractivity contribution in [3.8, 4) is 22.9 Å². The van der Waals surface area contributed by atoms with Crippen molar-refractivity contribution in [2.45, 2.75) is 40.5 Å². The normalized spacial score (nSPS) is 12.4. The van der Waals surface area contributed by atoms with E-state index in [0.717, 1.165) is 28.6 Å². The van der Waals surface area contributed by atoms with Gasteiger partial charge < -0.3 is 9.47 Å². The van der Waals surface area contributed by atoms with Crippen LogP contribution in [0.4, 0.5) is 0 Å². The topological polar surface area (TPSA) is 44.2 Å². The van der Waals surface area contributed by atoms with E-state index < -0.39 is 0 Å². The summed E-state index contributed by atoms with van der Waals surface area (Å²) >= 11 is 8.30. The molecule has 0 bridgehead atoms. The summed E-state index contributed by atoms with van der Waals surface area (Å²) in [7, 11) is 1.63. The predicted octanol–water partition coefficient (Wildman–Crippen LogP) is 6.32. The minimum absolute atomic E-state index is 0.519. The Hall–Kier alpha value is -1.85. The van der Waals surface area contributed by atoms with E-state index in [0.29, 0.717) is 35.0 Å². The molecule has 1 atom stereocenters. The van der Waals surface area contributed by atoms with Gasteiger partial charge in [0.15, 0.2) is 17.3 Å². The molecule has 144 valence electrons. The smallest absolute Gasteiger partial charge is 0.162 e. The lowest BCUT2D eigenvalue weighted by Gasteiger charge is -2.11. The lowest BCUT2D eigenvalue weighted by molar-refractivity contribution is 0.311. The molecule has 4 nitrogen and oxygen atoms in total. The molecule has 2 heterocycles. The average molecular weight is 405 g/mol. The molecular weight excluding hydrogens is 380 g/mol. The van der Waals surface area contributed by atoms with Gasteiger partial charge in [-0.3, -0.25) is 0 Å². The van der Waals surface area contributed by atoms with Crippen LogP contribution in [-0.2, 0) is 6.42 Å². The monoisotopic (exact) mass is 404 g/mol. The third-order valence-electron chi connectivity index (χ3n) is 4.78. The highest BCUT2D eigenvalue weighted by Gasteiger charge is 2.19. The molecular formula is C21H25ClN2O2S. The van der Waals surface area contributed by atoms with Crippen molar-refractivity contribution >= 4 is 33.2 Å². The predicted molar refractivity (Wildman–Crippen MR) is 113 cm³/mol. The first-order valence-corrected chi connectivity index (χ1v) is 10.4. The molecule has 0 radical (unpaired) electrons. The number of methoxy groups -OCH3 is 1. The van der Waals surface area contributed by atoms with E-state index in [4.69, 9.17) is 26.1 Å². The summed E-state index contributed by atoms with van der Waals surface area (Å²) in [6, 6.07) is 5.71. The highest BCUT2D eigenvalue weighted by Crippen LogP contribution is 2.38. The summed E-state index contributed by atoms with van der Waals surface area (Å²) in [6.07, 6.45) is 2.14. The first kappa shape index (κ1) is 19.9. The van der Waals surface area contributed by atoms with Crippen LogP contribution in [0.2, 0.25) is 5.15 Å². The molecule has 0 fully saturated rings. The zero-order chi connectivity index (χ0) is 19.6. The van der Waals surface area contributed by atoms with Crippen molar-refractivity contribution < 1.29 is 9.47 Å². The highest BCUT2D eigenvalue weighted by molar-refractivity contribution is 7.18. The Morgan fingerprint density at radius 1 is 1.19 bits per heavy atom. The number of halogens is 1. The van der Waals surface area contributed by atoms with E-state index in [1.165, 1.54) is 10.4 Å². The molecule has 6 heteroatoms. The standard InChI is InChI=1S/C21H25ClN2O2S/c1-6-12(3)10-15-13(4)27-21-18(15)19(22)23-20(24-21)14-8-9-16(26-7-2)17(11-14)25-5/h8-9,11-12H,6-7,10H2,1-5H3. The van der Waals surface area contributed by atoms with Crippen LogP contribution in [0, 0.1) is 12.8 Å². The molecule has 3 rings (SSSR count). The van der Waals surface area contributed by atoms with Crippen molar-refractivity contribution in [1.29, 1.82) is 0 Å². The number of aromatic nitrogens is 2. The molecule has 0 aliphatic carbocycles. The molecule has 0 spiro atoms. The van der Waals surface area contributed by atoms with Gasteiger partial charge in [0.2, 0.25) is 0 Å². The fourth-order valence-corrected chi connectivity index (χ4v) is 4.47. The van der Waals surface area contributed by atoms with E-state index in [-0.39, 0.29) is 0 Å². The van der Waals surface area contributed by atoms with Crippen LogP contribution in [0.5, 0.6) is 11.5 Å². The Kier molecular flexibility index (Phi) is 6.22. The van der Waals surface area contributed by atoms with Crippen molar-refractivity contribution in [2.24, 2.45) is 5.92 Å². The van der Waals surface area contributed by atoms with E-state index in [1.807, 2.05) is 25.1 Å². The summed E-state index contributed by atoms with van der Waals surface area (Å²) in [5, 5.41) is 1.52. The number of ether oxygens (including phenoxy) is 2. The van der Waals surface area contributed by atoms with Crippen molar-refractivity contribution in [3.63, 3.8) is 0 Å². The van der Waals surface area contributed by atoms with Gasteiger partial charge in [-0.1, -0.05) is 31.9 Å². The molecule has 1 unspecified atom stereocenters. The second-order valence-corrected chi connectivity index (χ2v) is 8.23. The molecule has 0 saturated carbocycles. The number of hydrogen-bond donors (Lipinski definition) is 0. The maximum Gasteiger partial charge on any atom is 0.162 e. The first-order valence-electron chi connectivity index (χ1n) is 9.25. The minimum Gasteiger partial charge on any atom is -0.493 e. The third-order valence-corrected chi connectivity index (χ3v) is 6.09. The molecule has 2 aromatic heterocycles. The molecule has 0 aliphatic rings. The minimum atomic E-state index is 0.519. The molecule has 27 heavy (non-hydrogen) atoms. The van der Waals surface area contributed by atoms with Gasteiger partial charge in [-0.15, -0.1) is 11.3 Å². The Labute approximate surface area is 169 Å². The molecule has 0 saturated heterocycles. The number of nitrogens with zero attached hydrogens (tertiary/aromatic N) is 2. The average Bonchev–Trinajstić information content (AvgIpc) is 2.97. The second kappa shape index (κ2) is 8.44.